The molecule has 1 aliphatic heterocycles. The Morgan fingerprint density at radius 2 is 1.93 bits per heavy atom. The lowest BCUT2D eigenvalue weighted by Gasteiger charge is -2.09. The molecule has 7 heteroatoms. The van der Waals surface area contributed by atoms with Crippen molar-refractivity contribution in [2.75, 3.05) is 7.11 Å². The van der Waals surface area contributed by atoms with Gasteiger partial charge in [0.1, 0.15) is 0 Å². The van der Waals surface area contributed by atoms with Gasteiger partial charge in [-0.1, -0.05) is 23.8 Å². The van der Waals surface area contributed by atoms with Gasteiger partial charge in [0.15, 0.2) is 16.7 Å². The summed E-state index contributed by atoms with van der Waals surface area (Å²) in [5.41, 5.74) is 2.70. The van der Waals surface area contributed by atoms with Gasteiger partial charge in [-0.05, 0) is 67.4 Å². The van der Waals surface area contributed by atoms with Crippen molar-refractivity contribution in [1.29, 1.82) is 0 Å². The molecule has 1 saturated heterocycles. The molecule has 1 aliphatic carbocycles. The molecule has 4 rings (SSSR count). The van der Waals surface area contributed by atoms with Crippen molar-refractivity contribution in [2.24, 2.45) is 10.9 Å². The van der Waals surface area contributed by atoms with E-state index in [0.29, 0.717) is 21.6 Å². The predicted octanol–water partition coefficient (Wildman–Crippen LogP) is 4.21. The molecule has 0 aromatic heterocycles. The zero-order valence-electron chi connectivity index (χ0n) is 16.1. The number of amides is 1. The number of carbonyl (C=O) groups is 2. The van der Waals surface area contributed by atoms with E-state index in [9.17, 15) is 9.59 Å². The largest absolute Gasteiger partial charge is 0.493 e. The average Bonchev–Trinajstić information content (AvgIpc) is 3.50. The van der Waals surface area contributed by atoms with Crippen LogP contribution < -0.4 is 14.8 Å². The molecule has 148 valence electrons. The van der Waals surface area contributed by atoms with Gasteiger partial charge in [-0.25, -0.2) is 4.99 Å². The molecular weight excluding hydrogens is 388 g/mol. The summed E-state index contributed by atoms with van der Waals surface area (Å²) in [6, 6.07) is 13.0. The first-order chi connectivity index (χ1) is 14.0. The van der Waals surface area contributed by atoms with Crippen LogP contribution >= 0.6 is 11.8 Å². The van der Waals surface area contributed by atoms with E-state index in [-0.39, 0.29) is 17.8 Å². The molecule has 1 heterocycles. The molecule has 0 spiro atoms. The lowest BCUT2D eigenvalue weighted by atomic mass is 10.2. The number of nitrogens with zero attached hydrogens (tertiary/aromatic N) is 1. The van der Waals surface area contributed by atoms with Crippen LogP contribution in [-0.2, 0) is 9.59 Å². The Labute approximate surface area is 173 Å². The van der Waals surface area contributed by atoms with E-state index >= 15 is 0 Å². The van der Waals surface area contributed by atoms with E-state index in [4.69, 9.17) is 9.47 Å². The molecule has 2 aliphatic rings. The SMILES string of the molecule is COc1cc(/C=C2\SC(=Nc3ccc(C)cc3)NC2=O)ccc1OC(=O)C1CC1. The highest BCUT2D eigenvalue weighted by Crippen LogP contribution is 2.35. The Balaban J connectivity index is 1.51. The normalized spacial score (nSPS) is 18.8. The fourth-order valence-electron chi connectivity index (χ4n) is 2.74. The fourth-order valence-corrected chi connectivity index (χ4v) is 3.58. The highest BCUT2D eigenvalue weighted by atomic mass is 32.2. The number of hydrogen-bond acceptors (Lipinski definition) is 6. The number of nitrogens with one attached hydrogen (secondary N) is 1. The molecule has 0 bridgehead atoms. The highest BCUT2D eigenvalue weighted by molar-refractivity contribution is 8.18. The van der Waals surface area contributed by atoms with Crippen LogP contribution in [-0.4, -0.2) is 24.2 Å². The van der Waals surface area contributed by atoms with Gasteiger partial charge in [-0.3, -0.25) is 9.59 Å². The van der Waals surface area contributed by atoms with Gasteiger partial charge in [0, 0.05) is 0 Å². The summed E-state index contributed by atoms with van der Waals surface area (Å²) in [4.78, 5) is 29.2. The minimum absolute atomic E-state index is 0.00585. The molecule has 2 aromatic rings. The zero-order valence-corrected chi connectivity index (χ0v) is 16.9. The molecule has 1 N–H and O–H groups in total. The first-order valence-electron chi connectivity index (χ1n) is 9.28. The molecular formula is C22H20N2O4S. The maximum absolute atomic E-state index is 12.3. The number of aliphatic imine (C=N–C) groups is 1. The van der Waals surface area contributed by atoms with Crippen molar-refractivity contribution in [3.8, 4) is 11.5 Å². The minimum Gasteiger partial charge on any atom is -0.493 e. The van der Waals surface area contributed by atoms with E-state index in [1.807, 2.05) is 31.2 Å². The Morgan fingerprint density at radius 1 is 1.17 bits per heavy atom. The standard InChI is InChI=1S/C22H20N2O4S/c1-13-3-8-16(9-4-13)23-22-24-20(25)19(29-22)12-14-5-10-17(18(11-14)27-2)28-21(26)15-6-7-15/h3-5,8-12,15H,6-7H2,1-2H3,(H,23,24,25)/b19-12-. The van der Waals surface area contributed by atoms with Crippen molar-refractivity contribution < 1.29 is 19.1 Å². The maximum atomic E-state index is 12.3. The van der Waals surface area contributed by atoms with Crippen LogP contribution in [0.25, 0.3) is 6.08 Å². The lowest BCUT2D eigenvalue weighted by Crippen LogP contribution is -2.19. The van der Waals surface area contributed by atoms with Crippen LogP contribution in [0.5, 0.6) is 11.5 Å². The van der Waals surface area contributed by atoms with Crippen molar-refractivity contribution in [2.45, 2.75) is 19.8 Å². The van der Waals surface area contributed by atoms with Gasteiger partial charge < -0.3 is 14.8 Å². The van der Waals surface area contributed by atoms with E-state index in [0.717, 1.165) is 29.7 Å². The molecule has 0 atom stereocenters. The Kier molecular flexibility index (Phi) is 5.40. The fraction of sp³-hybridized carbons (Fsp3) is 0.227. The van der Waals surface area contributed by atoms with Gasteiger partial charge >= 0.3 is 5.97 Å². The third kappa shape index (κ3) is 4.68. The van der Waals surface area contributed by atoms with Crippen LogP contribution in [0.2, 0.25) is 0 Å². The summed E-state index contributed by atoms with van der Waals surface area (Å²) < 4.78 is 10.8. The second-order valence-electron chi connectivity index (χ2n) is 6.92. The van der Waals surface area contributed by atoms with Crippen molar-refractivity contribution >= 4 is 40.6 Å². The van der Waals surface area contributed by atoms with Crippen LogP contribution in [0.1, 0.15) is 24.0 Å². The summed E-state index contributed by atoms with van der Waals surface area (Å²) in [5.74, 6) is 0.412. The number of thioether (sulfide) groups is 1. The Hall–Kier alpha value is -3.06. The molecule has 2 aromatic carbocycles. The number of amidine groups is 1. The van der Waals surface area contributed by atoms with Gasteiger partial charge in [0.25, 0.3) is 5.91 Å². The van der Waals surface area contributed by atoms with Crippen LogP contribution in [0, 0.1) is 12.8 Å². The number of benzene rings is 2. The summed E-state index contributed by atoms with van der Waals surface area (Å²) in [6.45, 7) is 2.01. The summed E-state index contributed by atoms with van der Waals surface area (Å²) in [5, 5.41) is 3.31. The monoisotopic (exact) mass is 408 g/mol. The number of methoxy groups -OCH3 is 1. The molecule has 0 radical (unpaired) electrons. The van der Waals surface area contributed by atoms with E-state index in [1.165, 1.54) is 18.9 Å². The minimum atomic E-state index is -0.225. The summed E-state index contributed by atoms with van der Waals surface area (Å²) in [6.07, 6.45) is 3.51. The van der Waals surface area contributed by atoms with Gasteiger partial charge in [0.05, 0.1) is 23.6 Å². The van der Waals surface area contributed by atoms with Crippen LogP contribution in [0.4, 0.5) is 5.69 Å². The zero-order chi connectivity index (χ0) is 20.4. The van der Waals surface area contributed by atoms with E-state index in [2.05, 4.69) is 10.3 Å². The third-order valence-corrected chi connectivity index (χ3v) is 5.43. The second-order valence-corrected chi connectivity index (χ2v) is 7.95. The van der Waals surface area contributed by atoms with Gasteiger partial charge in [-0.2, -0.15) is 0 Å². The number of carbonyl (C=O) groups excluding carboxylic acids is 2. The maximum Gasteiger partial charge on any atom is 0.314 e. The van der Waals surface area contributed by atoms with Crippen molar-refractivity contribution in [3.63, 3.8) is 0 Å². The van der Waals surface area contributed by atoms with Crippen molar-refractivity contribution in [3.05, 3.63) is 58.5 Å². The summed E-state index contributed by atoms with van der Waals surface area (Å²) >= 11 is 1.28. The molecule has 2 fully saturated rings. The lowest BCUT2D eigenvalue weighted by molar-refractivity contribution is -0.135. The topological polar surface area (TPSA) is 77.0 Å². The molecule has 6 nitrogen and oxygen atoms in total. The molecule has 1 saturated carbocycles. The number of rotatable bonds is 5. The van der Waals surface area contributed by atoms with Gasteiger partial charge in [0.2, 0.25) is 0 Å². The molecule has 29 heavy (non-hydrogen) atoms. The van der Waals surface area contributed by atoms with Crippen molar-refractivity contribution in [1.82, 2.24) is 5.32 Å². The number of ether oxygens (including phenoxy) is 2. The van der Waals surface area contributed by atoms with Gasteiger partial charge in [-0.15, -0.1) is 0 Å². The first-order valence-corrected chi connectivity index (χ1v) is 10.1. The first kappa shape index (κ1) is 19.3. The average molecular weight is 408 g/mol. The number of aryl methyl sites for hydroxylation is 1. The smallest absolute Gasteiger partial charge is 0.314 e. The van der Waals surface area contributed by atoms with E-state index in [1.54, 1.807) is 24.3 Å². The second kappa shape index (κ2) is 8.13. The number of hydrogen-bond donors (Lipinski definition) is 1. The number of esters is 1. The van der Waals surface area contributed by atoms with Crippen LogP contribution in [0.15, 0.2) is 52.4 Å². The third-order valence-electron chi connectivity index (χ3n) is 4.52. The van der Waals surface area contributed by atoms with Crippen LogP contribution in [0.3, 0.4) is 0 Å². The highest BCUT2D eigenvalue weighted by Gasteiger charge is 2.32. The Morgan fingerprint density at radius 3 is 2.62 bits per heavy atom. The molecule has 1 amide bonds. The Bertz CT molecular complexity index is 1020. The quantitative estimate of drug-likeness (QED) is 0.456. The predicted molar refractivity (Wildman–Crippen MR) is 113 cm³/mol. The molecule has 0 unspecified atom stereocenters. The van der Waals surface area contributed by atoms with E-state index < -0.39 is 0 Å². The summed E-state index contributed by atoms with van der Waals surface area (Å²) in [7, 11) is 1.52.